The summed E-state index contributed by atoms with van der Waals surface area (Å²) in [6.45, 7) is 2.92. The van der Waals surface area contributed by atoms with Crippen molar-refractivity contribution in [1.29, 1.82) is 0 Å². The zero-order valence-corrected chi connectivity index (χ0v) is 15.5. The largest absolute Gasteiger partial charge is 0.352 e. The molecule has 0 spiro atoms. The zero-order chi connectivity index (χ0) is 20.3. The molecule has 2 aromatic rings. The molecule has 3 rings (SSSR count). The molecular weight excluding hydrogens is 369 g/mol. The molecule has 148 valence electrons. The lowest BCUT2D eigenvalue weighted by Crippen LogP contribution is -2.43. The maximum Gasteiger partial charge on any atom is 0.256 e. The van der Waals surface area contributed by atoms with Gasteiger partial charge in [0.05, 0.1) is 5.56 Å². The summed E-state index contributed by atoms with van der Waals surface area (Å²) < 4.78 is 40.2. The third-order valence-electron chi connectivity index (χ3n) is 5.01. The maximum atomic E-state index is 13.8. The van der Waals surface area contributed by atoms with Crippen molar-refractivity contribution < 1.29 is 22.8 Å². The number of benzene rings is 2. The fraction of sp³-hybridized carbons (Fsp3) is 0.333. The molecule has 0 unspecified atom stereocenters. The molecule has 2 amide bonds. The third-order valence-corrected chi connectivity index (χ3v) is 5.01. The highest BCUT2D eigenvalue weighted by molar-refractivity contribution is 5.94. The summed E-state index contributed by atoms with van der Waals surface area (Å²) in [6, 6.07) is 9.53. The van der Waals surface area contributed by atoms with Crippen molar-refractivity contribution >= 4 is 11.8 Å². The van der Waals surface area contributed by atoms with Crippen molar-refractivity contribution in [2.24, 2.45) is 5.92 Å². The van der Waals surface area contributed by atoms with E-state index in [0.29, 0.717) is 19.4 Å². The summed E-state index contributed by atoms with van der Waals surface area (Å²) in [5.41, 5.74) is 1.64. The van der Waals surface area contributed by atoms with Crippen LogP contribution >= 0.6 is 0 Å². The lowest BCUT2D eigenvalue weighted by molar-refractivity contribution is -0.126. The van der Waals surface area contributed by atoms with E-state index < -0.39 is 28.9 Å². The summed E-state index contributed by atoms with van der Waals surface area (Å²) in [7, 11) is 0. The first-order chi connectivity index (χ1) is 13.4. The van der Waals surface area contributed by atoms with E-state index in [1.165, 1.54) is 4.90 Å². The van der Waals surface area contributed by atoms with Crippen molar-refractivity contribution in [2.75, 3.05) is 13.1 Å². The van der Waals surface area contributed by atoms with E-state index in [4.69, 9.17) is 0 Å². The van der Waals surface area contributed by atoms with Gasteiger partial charge in [-0.15, -0.1) is 0 Å². The van der Waals surface area contributed by atoms with Crippen LogP contribution in [0.4, 0.5) is 13.2 Å². The Morgan fingerprint density at radius 2 is 1.64 bits per heavy atom. The molecule has 0 bridgehead atoms. The van der Waals surface area contributed by atoms with Gasteiger partial charge in [0.15, 0.2) is 17.5 Å². The van der Waals surface area contributed by atoms with Gasteiger partial charge in [-0.3, -0.25) is 9.59 Å². The van der Waals surface area contributed by atoms with E-state index in [1.807, 2.05) is 31.2 Å². The van der Waals surface area contributed by atoms with Gasteiger partial charge >= 0.3 is 0 Å². The molecule has 1 heterocycles. The predicted molar refractivity (Wildman–Crippen MR) is 98.0 cm³/mol. The van der Waals surface area contributed by atoms with Gasteiger partial charge in [0.2, 0.25) is 5.91 Å². The van der Waals surface area contributed by atoms with Crippen LogP contribution in [0.15, 0.2) is 36.4 Å². The highest BCUT2D eigenvalue weighted by Crippen LogP contribution is 2.22. The second-order valence-corrected chi connectivity index (χ2v) is 6.99. The first-order valence-electron chi connectivity index (χ1n) is 9.13. The molecule has 1 saturated heterocycles. The van der Waals surface area contributed by atoms with Gasteiger partial charge in [0.25, 0.3) is 5.91 Å². The molecule has 7 heteroatoms. The van der Waals surface area contributed by atoms with Gasteiger partial charge in [-0.2, -0.15) is 0 Å². The lowest BCUT2D eigenvalue weighted by Gasteiger charge is -2.31. The van der Waals surface area contributed by atoms with E-state index in [-0.39, 0.29) is 24.9 Å². The standard InChI is InChI=1S/C21H21F3N2O2/c1-13-2-4-14(5-3-13)12-25-20(27)15-8-10-26(11-9-15)21(28)16-6-7-17(22)19(24)18(16)23/h2-7,15H,8-12H2,1H3,(H,25,27). The van der Waals surface area contributed by atoms with E-state index >= 15 is 0 Å². The highest BCUT2D eigenvalue weighted by atomic mass is 19.2. The van der Waals surface area contributed by atoms with Gasteiger partial charge in [-0.05, 0) is 37.5 Å². The molecule has 1 fully saturated rings. The molecule has 2 aromatic carbocycles. The Hall–Kier alpha value is -2.83. The average molecular weight is 390 g/mol. The molecule has 28 heavy (non-hydrogen) atoms. The fourth-order valence-corrected chi connectivity index (χ4v) is 3.25. The normalized spacial score (nSPS) is 14.8. The Balaban J connectivity index is 1.53. The quantitative estimate of drug-likeness (QED) is 0.812. The number of carbonyl (C=O) groups excluding carboxylic acids is 2. The number of likely N-dealkylation sites (tertiary alicyclic amines) is 1. The zero-order valence-electron chi connectivity index (χ0n) is 15.5. The summed E-state index contributed by atoms with van der Waals surface area (Å²) >= 11 is 0. The molecule has 0 saturated carbocycles. The van der Waals surface area contributed by atoms with Gasteiger partial charge in [-0.1, -0.05) is 29.8 Å². The Morgan fingerprint density at radius 1 is 1.00 bits per heavy atom. The van der Waals surface area contributed by atoms with Crippen LogP contribution in [0, 0.1) is 30.3 Å². The number of hydrogen-bond donors (Lipinski definition) is 1. The van der Waals surface area contributed by atoms with Crippen molar-refractivity contribution in [1.82, 2.24) is 10.2 Å². The Morgan fingerprint density at radius 3 is 2.29 bits per heavy atom. The number of nitrogens with zero attached hydrogens (tertiary/aromatic N) is 1. The van der Waals surface area contributed by atoms with E-state index in [0.717, 1.165) is 23.3 Å². The van der Waals surface area contributed by atoms with E-state index in [9.17, 15) is 22.8 Å². The number of amides is 2. The van der Waals surface area contributed by atoms with Crippen molar-refractivity contribution in [3.05, 3.63) is 70.5 Å². The van der Waals surface area contributed by atoms with E-state index in [1.54, 1.807) is 0 Å². The highest BCUT2D eigenvalue weighted by Gasteiger charge is 2.29. The molecule has 1 N–H and O–H groups in total. The number of piperidine rings is 1. The van der Waals surface area contributed by atoms with Gasteiger partial charge in [0, 0.05) is 25.6 Å². The molecule has 0 aromatic heterocycles. The first-order valence-corrected chi connectivity index (χ1v) is 9.13. The second-order valence-electron chi connectivity index (χ2n) is 6.99. The summed E-state index contributed by atoms with van der Waals surface area (Å²) in [5.74, 6) is -5.51. The van der Waals surface area contributed by atoms with Crippen LogP contribution in [0.1, 0.15) is 34.3 Å². The summed E-state index contributed by atoms with van der Waals surface area (Å²) in [6.07, 6.45) is 0.855. The predicted octanol–water partition coefficient (Wildman–Crippen LogP) is 3.58. The van der Waals surface area contributed by atoms with Crippen LogP contribution < -0.4 is 5.32 Å². The fourth-order valence-electron chi connectivity index (χ4n) is 3.25. The van der Waals surface area contributed by atoms with Crippen LogP contribution in [-0.2, 0) is 11.3 Å². The molecule has 0 radical (unpaired) electrons. The Labute approximate surface area is 161 Å². The Kier molecular flexibility index (Phi) is 6.02. The third kappa shape index (κ3) is 4.35. The van der Waals surface area contributed by atoms with Crippen molar-refractivity contribution in [3.63, 3.8) is 0 Å². The van der Waals surface area contributed by atoms with Gasteiger partial charge in [-0.25, -0.2) is 13.2 Å². The minimum atomic E-state index is -1.66. The van der Waals surface area contributed by atoms with Crippen LogP contribution in [0.2, 0.25) is 0 Å². The summed E-state index contributed by atoms with van der Waals surface area (Å²) in [5, 5.41) is 2.89. The van der Waals surface area contributed by atoms with Crippen LogP contribution in [0.5, 0.6) is 0 Å². The minimum absolute atomic E-state index is 0.0910. The number of aryl methyl sites for hydroxylation is 1. The maximum absolute atomic E-state index is 13.8. The average Bonchev–Trinajstić information content (AvgIpc) is 2.71. The number of hydrogen-bond acceptors (Lipinski definition) is 2. The SMILES string of the molecule is Cc1ccc(CNC(=O)C2CCN(C(=O)c3ccc(F)c(F)c3F)CC2)cc1. The van der Waals surface area contributed by atoms with Crippen LogP contribution in [0.3, 0.4) is 0 Å². The number of halogens is 3. The topological polar surface area (TPSA) is 49.4 Å². The first kappa shape index (κ1) is 19.9. The second kappa shape index (κ2) is 8.46. The summed E-state index contributed by atoms with van der Waals surface area (Å²) in [4.78, 5) is 26.1. The lowest BCUT2D eigenvalue weighted by atomic mass is 9.95. The van der Waals surface area contributed by atoms with Crippen LogP contribution in [0.25, 0.3) is 0 Å². The van der Waals surface area contributed by atoms with E-state index in [2.05, 4.69) is 5.32 Å². The molecule has 0 aliphatic carbocycles. The smallest absolute Gasteiger partial charge is 0.256 e. The molecule has 1 aliphatic heterocycles. The minimum Gasteiger partial charge on any atom is -0.352 e. The monoisotopic (exact) mass is 390 g/mol. The molecule has 1 aliphatic rings. The number of rotatable bonds is 4. The molecule has 0 atom stereocenters. The van der Waals surface area contributed by atoms with Crippen molar-refractivity contribution in [3.8, 4) is 0 Å². The number of carbonyl (C=O) groups is 2. The Bertz CT molecular complexity index is 876. The van der Waals surface area contributed by atoms with Crippen LogP contribution in [-0.4, -0.2) is 29.8 Å². The van der Waals surface area contributed by atoms with Crippen molar-refractivity contribution in [2.45, 2.75) is 26.3 Å². The van der Waals surface area contributed by atoms with Gasteiger partial charge < -0.3 is 10.2 Å². The molecule has 4 nitrogen and oxygen atoms in total. The number of nitrogens with one attached hydrogen (secondary N) is 1. The molecular formula is C21H21F3N2O2. The van der Waals surface area contributed by atoms with Gasteiger partial charge in [0.1, 0.15) is 0 Å².